The van der Waals surface area contributed by atoms with Crippen LogP contribution in [0.1, 0.15) is 34.8 Å². The molecule has 0 unspecified atom stereocenters. The maximum Gasteiger partial charge on any atom is 0.336 e. The van der Waals surface area contributed by atoms with Crippen molar-refractivity contribution >= 4 is 26.6 Å². The predicted octanol–water partition coefficient (Wildman–Crippen LogP) is 6.13. The van der Waals surface area contributed by atoms with Crippen LogP contribution in [0.2, 0.25) is 0 Å². The molecule has 32 heavy (non-hydrogen) atoms. The number of rotatable bonds is 7. The van der Waals surface area contributed by atoms with Crippen LogP contribution in [0, 0.1) is 0 Å². The number of sulfone groups is 1. The first-order chi connectivity index (χ1) is 15.4. The molecular weight excluding hydrogens is 420 g/mol. The van der Waals surface area contributed by atoms with E-state index in [-0.39, 0.29) is 21.8 Å². The molecule has 0 saturated heterocycles. The second-order valence-corrected chi connectivity index (χ2v) is 9.88. The molecule has 0 atom stereocenters. The van der Waals surface area contributed by atoms with Gasteiger partial charge in [-0.1, -0.05) is 80.1 Å². The predicted molar refractivity (Wildman–Crippen MR) is 128 cm³/mol. The lowest BCUT2D eigenvalue weighted by Crippen LogP contribution is -2.10. The van der Waals surface area contributed by atoms with Crippen LogP contribution < -0.4 is 0 Å². The van der Waals surface area contributed by atoms with Gasteiger partial charge in [-0.2, -0.15) is 0 Å². The third-order valence-corrected chi connectivity index (χ3v) is 7.26. The van der Waals surface area contributed by atoms with Crippen molar-refractivity contribution in [1.29, 1.82) is 0 Å². The highest BCUT2D eigenvalue weighted by molar-refractivity contribution is 7.90. The van der Waals surface area contributed by atoms with Gasteiger partial charge in [-0.3, -0.25) is 0 Å². The summed E-state index contributed by atoms with van der Waals surface area (Å²) in [4.78, 5) is 12.1. The summed E-state index contributed by atoms with van der Waals surface area (Å²) < 4.78 is 26.2. The summed E-state index contributed by atoms with van der Waals surface area (Å²) >= 11 is 0. The molecule has 0 aliphatic heterocycles. The van der Waals surface area contributed by atoms with E-state index in [1.54, 1.807) is 36.4 Å². The van der Waals surface area contributed by atoms with Crippen molar-refractivity contribution in [2.24, 2.45) is 0 Å². The first-order valence-corrected chi connectivity index (χ1v) is 12.2. The number of benzene rings is 4. The van der Waals surface area contributed by atoms with Gasteiger partial charge in [-0.05, 0) is 57.6 Å². The summed E-state index contributed by atoms with van der Waals surface area (Å²) in [5, 5.41) is 11.5. The third-order valence-electron chi connectivity index (χ3n) is 5.59. The molecule has 4 aromatic carbocycles. The van der Waals surface area contributed by atoms with Crippen molar-refractivity contribution < 1.29 is 18.3 Å². The maximum atomic E-state index is 13.1. The monoisotopic (exact) mass is 444 g/mol. The molecule has 0 spiro atoms. The van der Waals surface area contributed by atoms with Crippen molar-refractivity contribution in [3.8, 4) is 11.1 Å². The van der Waals surface area contributed by atoms with E-state index in [4.69, 9.17) is 0 Å². The fraction of sp³-hybridized carbons (Fsp3) is 0.148. The second-order valence-electron chi connectivity index (χ2n) is 7.89. The molecule has 0 aliphatic rings. The van der Waals surface area contributed by atoms with Crippen LogP contribution in [-0.4, -0.2) is 19.5 Å². The Kier molecular flexibility index (Phi) is 6.10. The Hall–Kier alpha value is -3.44. The van der Waals surface area contributed by atoms with Gasteiger partial charge in [0.05, 0.1) is 16.2 Å². The summed E-state index contributed by atoms with van der Waals surface area (Å²) in [6.45, 7) is 2.12. The molecule has 162 valence electrons. The van der Waals surface area contributed by atoms with E-state index in [1.807, 2.05) is 48.5 Å². The molecule has 0 heterocycles. The molecule has 4 rings (SSSR count). The standard InChI is InChI=1S/C27H24O4S/c1-2-5-19-8-10-21(11-9-19)23-12-13-24(26(17-23)27(28)29)18-32(30,31)25-15-14-20-6-3-4-7-22(20)16-25/h3-4,6-17H,2,5,18H2,1H3,(H,28,29). The van der Waals surface area contributed by atoms with Crippen LogP contribution in [0.3, 0.4) is 0 Å². The molecule has 4 aromatic rings. The smallest absolute Gasteiger partial charge is 0.336 e. The van der Waals surface area contributed by atoms with E-state index < -0.39 is 15.8 Å². The molecule has 0 bridgehead atoms. The molecule has 0 saturated carbocycles. The van der Waals surface area contributed by atoms with Crippen LogP contribution in [0.5, 0.6) is 0 Å². The molecule has 0 aliphatic carbocycles. The number of hydrogen-bond acceptors (Lipinski definition) is 3. The summed E-state index contributed by atoms with van der Waals surface area (Å²) in [7, 11) is -3.71. The Morgan fingerprint density at radius 2 is 1.50 bits per heavy atom. The molecule has 5 heteroatoms. The fourth-order valence-corrected chi connectivity index (χ4v) is 5.29. The fourth-order valence-electron chi connectivity index (χ4n) is 3.88. The van der Waals surface area contributed by atoms with Gasteiger partial charge < -0.3 is 5.11 Å². The largest absolute Gasteiger partial charge is 0.478 e. The molecule has 1 N–H and O–H groups in total. The molecule has 0 aromatic heterocycles. The van der Waals surface area contributed by atoms with Gasteiger partial charge in [0.15, 0.2) is 9.84 Å². The van der Waals surface area contributed by atoms with Gasteiger partial charge in [0, 0.05) is 0 Å². The van der Waals surface area contributed by atoms with Crippen LogP contribution in [0.25, 0.3) is 21.9 Å². The first-order valence-electron chi connectivity index (χ1n) is 10.5. The topological polar surface area (TPSA) is 71.4 Å². The average molecular weight is 445 g/mol. The zero-order chi connectivity index (χ0) is 22.7. The molecule has 0 fully saturated rings. The molecule has 0 amide bonds. The van der Waals surface area contributed by atoms with Gasteiger partial charge >= 0.3 is 5.97 Å². The van der Waals surface area contributed by atoms with Crippen molar-refractivity contribution in [3.63, 3.8) is 0 Å². The highest BCUT2D eigenvalue weighted by Gasteiger charge is 2.21. The lowest BCUT2D eigenvalue weighted by Gasteiger charge is -2.11. The Morgan fingerprint density at radius 3 is 2.19 bits per heavy atom. The SMILES string of the molecule is CCCc1ccc(-c2ccc(CS(=O)(=O)c3ccc4ccccc4c3)c(C(=O)O)c2)cc1. The van der Waals surface area contributed by atoms with E-state index in [2.05, 4.69) is 6.92 Å². The Morgan fingerprint density at radius 1 is 0.812 bits per heavy atom. The summed E-state index contributed by atoms with van der Waals surface area (Å²) in [6.07, 6.45) is 2.05. The van der Waals surface area contributed by atoms with E-state index in [1.165, 1.54) is 5.56 Å². The van der Waals surface area contributed by atoms with Crippen LogP contribution >= 0.6 is 0 Å². The molecular formula is C27H24O4S. The van der Waals surface area contributed by atoms with Gasteiger partial charge in [0.1, 0.15) is 0 Å². The maximum absolute atomic E-state index is 13.1. The zero-order valence-electron chi connectivity index (χ0n) is 17.8. The summed E-state index contributed by atoms with van der Waals surface area (Å²) in [5.74, 6) is -1.51. The van der Waals surface area contributed by atoms with E-state index in [9.17, 15) is 18.3 Å². The average Bonchev–Trinajstić information content (AvgIpc) is 2.79. The third kappa shape index (κ3) is 4.58. The minimum atomic E-state index is -3.71. The molecule has 0 radical (unpaired) electrons. The number of carbonyl (C=O) groups is 1. The minimum absolute atomic E-state index is 0.00417. The van der Waals surface area contributed by atoms with E-state index >= 15 is 0 Å². The normalized spacial score (nSPS) is 11.5. The van der Waals surface area contributed by atoms with Crippen LogP contribution in [0.4, 0.5) is 0 Å². The quantitative estimate of drug-likeness (QED) is 0.372. The van der Waals surface area contributed by atoms with Gasteiger partial charge in [-0.25, -0.2) is 13.2 Å². The van der Waals surface area contributed by atoms with Gasteiger partial charge in [-0.15, -0.1) is 0 Å². The van der Waals surface area contributed by atoms with Crippen molar-refractivity contribution in [3.05, 3.63) is 102 Å². The van der Waals surface area contributed by atoms with Crippen molar-refractivity contribution in [1.82, 2.24) is 0 Å². The number of fused-ring (bicyclic) bond motifs is 1. The van der Waals surface area contributed by atoms with E-state index in [0.717, 1.165) is 34.7 Å². The number of aromatic carboxylic acids is 1. The zero-order valence-corrected chi connectivity index (χ0v) is 18.6. The van der Waals surface area contributed by atoms with Gasteiger partial charge in [0.2, 0.25) is 0 Å². The van der Waals surface area contributed by atoms with Crippen LogP contribution in [-0.2, 0) is 22.0 Å². The first kappa shape index (κ1) is 21.8. The lowest BCUT2D eigenvalue weighted by atomic mass is 9.98. The lowest BCUT2D eigenvalue weighted by molar-refractivity contribution is 0.0696. The van der Waals surface area contributed by atoms with E-state index in [0.29, 0.717) is 0 Å². The van der Waals surface area contributed by atoms with Crippen LogP contribution in [0.15, 0.2) is 89.8 Å². The second kappa shape index (κ2) is 8.97. The van der Waals surface area contributed by atoms with Crippen molar-refractivity contribution in [2.75, 3.05) is 0 Å². The minimum Gasteiger partial charge on any atom is -0.478 e. The number of carboxylic acids is 1. The highest BCUT2D eigenvalue weighted by atomic mass is 32.2. The van der Waals surface area contributed by atoms with Crippen molar-refractivity contribution in [2.45, 2.75) is 30.4 Å². The molecule has 4 nitrogen and oxygen atoms in total. The Labute approximate surface area is 188 Å². The van der Waals surface area contributed by atoms with Gasteiger partial charge in [0.25, 0.3) is 0 Å². The Balaban J connectivity index is 1.67. The number of carboxylic acid groups (broad SMARTS) is 1. The summed E-state index contributed by atoms with van der Waals surface area (Å²) in [5.41, 5.74) is 3.16. The Bertz CT molecular complexity index is 1390. The number of hydrogen-bond donors (Lipinski definition) is 1. The number of aryl methyl sites for hydroxylation is 1. The summed E-state index contributed by atoms with van der Waals surface area (Å²) in [6, 6.07) is 25.5. The highest BCUT2D eigenvalue weighted by Crippen LogP contribution is 2.27.